The van der Waals surface area contributed by atoms with E-state index in [1.54, 1.807) is 16.7 Å². The first-order valence-electron chi connectivity index (χ1n) is 6.38. The van der Waals surface area contributed by atoms with Gasteiger partial charge in [-0.05, 0) is 57.9 Å². The highest BCUT2D eigenvalue weighted by molar-refractivity contribution is 5.28. The third kappa shape index (κ3) is 2.11. The van der Waals surface area contributed by atoms with Gasteiger partial charge in [-0.25, -0.2) is 0 Å². The molecule has 84 valence electrons. The zero-order chi connectivity index (χ0) is 10.8. The van der Waals surface area contributed by atoms with Gasteiger partial charge in [-0.1, -0.05) is 18.1 Å². The Morgan fingerprint density at radius 2 is 2.00 bits per heavy atom. The second kappa shape index (κ2) is 4.42. The van der Waals surface area contributed by atoms with Crippen LogP contribution in [0.15, 0.2) is 22.4 Å². The molecule has 1 N–H and O–H groups in total. The molecule has 15 heavy (non-hydrogen) atoms. The predicted molar refractivity (Wildman–Crippen MR) is 65.7 cm³/mol. The van der Waals surface area contributed by atoms with Gasteiger partial charge < -0.3 is 5.32 Å². The first-order chi connectivity index (χ1) is 7.22. The molecular weight excluding hydrogens is 182 g/mol. The molecule has 0 saturated carbocycles. The third-order valence-corrected chi connectivity index (χ3v) is 3.98. The zero-order valence-electron chi connectivity index (χ0n) is 10.3. The quantitative estimate of drug-likeness (QED) is 0.640. The van der Waals surface area contributed by atoms with Gasteiger partial charge in [0.1, 0.15) is 0 Å². The molecular formula is C14H23N. The van der Waals surface area contributed by atoms with Crippen LogP contribution >= 0.6 is 0 Å². The summed E-state index contributed by atoms with van der Waals surface area (Å²) in [5, 5.41) is 3.72. The Morgan fingerprint density at radius 3 is 2.73 bits per heavy atom. The molecule has 1 saturated heterocycles. The minimum atomic E-state index is 0.577. The van der Waals surface area contributed by atoms with Crippen LogP contribution in [0.1, 0.15) is 59.3 Å². The number of allylic oxidation sites excluding steroid dienone is 3. The molecule has 0 spiro atoms. The molecule has 1 nitrogen and oxygen atoms in total. The van der Waals surface area contributed by atoms with Crippen LogP contribution < -0.4 is 5.32 Å². The standard InChI is InChI=1S/C14H23N/c1-4-12-9-8-10(2)14-7-5-6-13(12)11(3)15-14/h11,15H,4-9H2,1-3H3. The fourth-order valence-corrected chi connectivity index (χ4v) is 2.97. The molecule has 2 rings (SSSR count). The molecule has 1 heteroatoms. The van der Waals surface area contributed by atoms with Crippen molar-refractivity contribution in [3.05, 3.63) is 22.4 Å². The van der Waals surface area contributed by atoms with Crippen LogP contribution in [0.4, 0.5) is 0 Å². The highest BCUT2D eigenvalue weighted by Crippen LogP contribution is 2.32. The number of rotatable bonds is 1. The molecule has 0 aliphatic carbocycles. The van der Waals surface area contributed by atoms with Crippen molar-refractivity contribution in [2.24, 2.45) is 0 Å². The number of hydrogen-bond acceptors (Lipinski definition) is 1. The third-order valence-electron chi connectivity index (χ3n) is 3.98. The summed E-state index contributed by atoms with van der Waals surface area (Å²) in [5.74, 6) is 0. The highest BCUT2D eigenvalue weighted by atomic mass is 14.9. The van der Waals surface area contributed by atoms with Crippen molar-refractivity contribution in [2.45, 2.75) is 65.3 Å². The summed E-state index contributed by atoms with van der Waals surface area (Å²) >= 11 is 0. The SMILES string of the molecule is CCC1=C2CCCC(=C(C)CC1)NC2C. The first-order valence-corrected chi connectivity index (χ1v) is 6.38. The summed E-state index contributed by atoms with van der Waals surface area (Å²) < 4.78 is 0. The second-order valence-electron chi connectivity index (χ2n) is 4.96. The average molecular weight is 205 g/mol. The van der Waals surface area contributed by atoms with E-state index in [1.807, 2.05) is 0 Å². The van der Waals surface area contributed by atoms with Crippen molar-refractivity contribution < 1.29 is 0 Å². The Hall–Kier alpha value is -0.720. The van der Waals surface area contributed by atoms with Crippen molar-refractivity contribution in [3.8, 4) is 0 Å². The predicted octanol–water partition coefficient (Wildman–Crippen LogP) is 3.92. The molecule has 1 fully saturated rings. The summed E-state index contributed by atoms with van der Waals surface area (Å²) in [7, 11) is 0. The maximum absolute atomic E-state index is 3.72. The fraction of sp³-hybridized carbons (Fsp3) is 0.714. The molecule has 0 aromatic rings. The van der Waals surface area contributed by atoms with Crippen molar-refractivity contribution in [1.29, 1.82) is 0 Å². The van der Waals surface area contributed by atoms with Gasteiger partial charge in [-0.2, -0.15) is 0 Å². The number of hydrogen-bond donors (Lipinski definition) is 1. The molecule has 2 heterocycles. The molecule has 0 aromatic heterocycles. The Bertz CT molecular complexity index is 309. The summed E-state index contributed by atoms with van der Waals surface area (Å²) in [6.45, 7) is 6.94. The molecule has 2 bridgehead atoms. The lowest BCUT2D eigenvalue weighted by molar-refractivity contribution is 0.645. The van der Waals surface area contributed by atoms with E-state index in [1.165, 1.54) is 44.2 Å². The number of fused-ring (bicyclic) bond motifs is 3. The molecule has 2 aliphatic rings. The maximum atomic E-state index is 3.72. The van der Waals surface area contributed by atoms with E-state index in [2.05, 4.69) is 26.1 Å². The van der Waals surface area contributed by atoms with Crippen LogP contribution in [0.3, 0.4) is 0 Å². The van der Waals surface area contributed by atoms with Crippen molar-refractivity contribution in [2.75, 3.05) is 0 Å². The van der Waals surface area contributed by atoms with Crippen molar-refractivity contribution in [3.63, 3.8) is 0 Å². The van der Waals surface area contributed by atoms with Gasteiger partial charge in [0.05, 0.1) is 0 Å². The fourth-order valence-electron chi connectivity index (χ4n) is 2.97. The smallest absolute Gasteiger partial charge is 0.0445 e. The minimum Gasteiger partial charge on any atom is -0.382 e. The van der Waals surface area contributed by atoms with Gasteiger partial charge in [0.2, 0.25) is 0 Å². The lowest BCUT2D eigenvalue weighted by Crippen LogP contribution is -2.28. The van der Waals surface area contributed by atoms with Gasteiger partial charge in [0.15, 0.2) is 0 Å². The van der Waals surface area contributed by atoms with Crippen molar-refractivity contribution >= 4 is 0 Å². The van der Waals surface area contributed by atoms with E-state index >= 15 is 0 Å². The van der Waals surface area contributed by atoms with E-state index in [9.17, 15) is 0 Å². The van der Waals surface area contributed by atoms with Gasteiger partial charge in [0.25, 0.3) is 0 Å². The minimum absolute atomic E-state index is 0.577. The van der Waals surface area contributed by atoms with Crippen LogP contribution in [0.2, 0.25) is 0 Å². The Morgan fingerprint density at radius 1 is 1.20 bits per heavy atom. The van der Waals surface area contributed by atoms with Gasteiger partial charge >= 0.3 is 0 Å². The zero-order valence-corrected chi connectivity index (χ0v) is 10.3. The van der Waals surface area contributed by atoms with E-state index in [4.69, 9.17) is 0 Å². The van der Waals surface area contributed by atoms with Crippen LogP contribution in [0.5, 0.6) is 0 Å². The van der Waals surface area contributed by atoms with Crippen LogP contribution in [0.25, 0.3) is 0 Å². The Balaban J connectivity index is 2.38. The topological polar surface area (TPSA) is 12.0 Å². The number of nitrogens with one attached hydrogen (secondary N) is 1. The maximum Gasteiger partial charge on any atom is 0.0445 e. The van der Waals surface area contributed by atoms with Gasteiger partial charge in [-0.15, -0.1) is 0 Å². The lowest BCUT2D eigenvalue weighted by atomic mass is 9.92. The molecule has 1 atom stereocenters. The molecule has 0 amide bonds. The monoisotopic (exact) mass is 205 g/mol. The van der Waals surface area contributed by atoms with Crippen molar-refractivity contribution in [1.82, 2.24) is 5.32 Å². The average Bonchev–Trinajstić information content (AvgIpc) is 2.37. The van der Waals surface area contributed by atoms with Crippen LogP contribution in [-0.4, -0.2) is 6.04 Å². The highest BCUT2D eigenvalue weighted by Gasteiger charge is 2.21. The Kier molecular flexibility index (Phi) is 3.18. The summed E-state index contributed by atoms with van der Waals surface area (Å²) in [6, 6.07) is 0.577. The van der Waals surface area contributed by atoms with E-state index in [0.717, 1.165) is 0 Å². The summed E-state index contributed by atoms with van der Waals surface area (Å²) in [5.41, 5.74) is 6.55. The van der Waals surface area contributed by atoms with E-state index in [0.29, 0.717) is 6.04 Å². The normalized spacial score (nSPS) is 27.3. The Labute approximate surface area is 93.6 Å². The van der Waals surface area contributed by atoms with Crippen LogP contribution in [-0.2, 0) is 0 Å². The van der Waals surface area contributed by atoms with E-state index in [-0.39, 0.29) is 0 Å². The summed E-state index contributed by atoms with van der Waals surface area (Å²) in [4.78, 5) is 0. The molecule has 2 aliphatic heterocycles. The van der Waals surface area contributed by atoms with E-state index < -0.39 is 0 Å². The molecule has 1 unspecified atom stereocenters. The van der Waals surface area contributed by atoms with Gasteiger partial charge in [0, 0.05) is 11.7 Å². The largest absolute Gasteiger partial charge is 0.382 e. The molecule has 0 aromatic carbocycles. The second-order valence-corrected chi connectivity index (χ2v) is 4.96. The van der Waals surface area contributed by atoms with Crippen LogP contribution in [0, 0.1) is 0 Å². The first kappa shape index (κ1) is 10.8. The van der Waals surface area contributed by atoms with Gasteiger partial charge in [-0.3, -0.25) is 0 Å². The lowest BCUT2D eigenvalue weighted by Gasteiger charge is -2.24. The summed E-state index contributed by atoms with van der Waals surface area (Å²) in [6.07, 6.45) is 7.71. The molecule has 0 radical (unpaired) electrons.